The Morgan fingerprint density at radius 2 is 2.22 bits per heavy atom. The predicted molar refractivity (Wildman–Crippen MR) is 71.8 cm³/mol. The molecular weight excluding hydrogens is 252 g/mol. The van der Waals surface area contributed by atoms with Crippen molar-refractivity contribution in [1.82, 2.24) is 9.97 Å². The number of hydrogen-bond acceptors (Lipinski definition) is 5. The standard InChI is InChI=1S/C12H13ClN4O/c1-18-12-4-8(2-3-15-12)7-16-11-6-9(14)5-10(13)17-11/h2-6H,7H2,1H3,(H3,14,16,17). The van der Waals surface area contributed by atoms with Gasteiger partial charge in [0.25, 0.3) is 0 Å². The van der Waals surface area contributed by atoms with Crippen molar-refractivity contribution < 1.29 is 4.74 Å². The lowest BCUT2D eigenvalue weighted by molar-refractivity contribution is 0.397. The van der Waals surface area contributed by atoms with Gasteiger partial charge in [0.2, 0.25) is 5.88 Å². The number of nitrogen functional groups attached to an aromatic ring is 1. The first kappa shape index (κ1) is 12.4. The molecule has 0 radical (unpaired) electrons. The molecule has 2 aromatic rings. The van der Waals surface area contributed by atoms with Gasteiger partial charge in [0.05, 0.1) is 7.11 Å². The molecule has 0 saturated heterocycles. The summed E-state index contributed by atoms with van der Waals surface area (Å²) < 4.78 is 5.05. The van der Waals surface area contributed by atoms with Crippen LogP contribution < -0.4 is 15.8 Å². The summed E-state index contributed by atoms with van der Waals surface area (Å²) in [5, 5.41) is 3.50. The van der Waals surface area contributed by atoms with Gasteiger partial charge in [-0.1, -0.05) is 11.6 Å². The smallest absolute Gasteiger partial charge is 0.213 e. The summed E-state index contributed by atoms with van der Waals surface area (Å²) >= 11 is 5.82. The highest BCUT2D eigenvalue weighted by molar-refractivity contribution is 6.29. The molecule has 0 unspecified atom stereocenters. The van der Waals surface area contributed by atoms with E-state index in [2.05, 4.69) is 15.3 Å². The van der Waals surface area contributed by atoms with Crippen molar-refractivity contribution in [3.63, 3.8) is 0 Å². The molecule has 0 fully saturated rings. The third kappa shape index (κ3) is 3.24. The van der Waals surface area contributed by atoms with Gasteiger partial charge in [-0.25, -0.2) is 9.97 Å². The Kier molecular flexibility index (Phi) is 3.84. The summed E-state index contributed by atoms with van der Waals surface area (Å²) in [6.45, 7) is 0.589. The largest absolute Gasteiger partial charge is 0.481 e. The number of anilines is 2. The second-order valence-corrected chi connectivity index (χ2v) is 4.06. The predicted octanol–water partition coefficient (Wildman–Crippen LogP) is 2.33. The van der Waals surface area contributed by atoms with Crippen molar-refractivity contribution in [2.75, 3.05) is 18.2 Å². The quantitative estimate of drug-likeness (QED) is 0.829. The summed E-state index contributed by atoms with van der Waals surface area (Å²) in [7, 11) is 1.58. The van der Waals surface area contributed by atoms with Crippen LogP contribution in [0.2, 0.25) is 5.15 Å². The lowest BCUT2D eigenvalue weighted by Crippen LogP contribution is -2.03. The van der Waals surface area contributed by atoms with Crippen molar-refractivity contribution in [3.8, 4) is 5.88 Å². The van der Waals surface area contributed by atoms with Crippen LogP contribution in [-0.4, -0.2) is 17.1 Å². The maximum atomic E-state index is 5.82. The van der Waals surface area contributed by atoms with E-state index in [-0.39, 0.29) is 0 Å². The molecule has 0 bridgehead atoms. The van der Waals surface area contributed by atoms with E-state index in [0.29, 0.717) is 29.1 Å². The molecule has 18 heavy (non-hydrogen) atoms. The van der Waals surface area contributed by atoms with Crippen LogP contribution in [0.4, 0.5) is 11.5 Å². The molecule has 0 saturated carbocycles. The average Bonchev–Trinajstić information content (AvgIpc) is 2.35. The first-order valence-electron chi connectivity index (χ1n) is 5.33. The number of pyridine rings is 2. The number of halogens is 1. The third-order valence-electron chi connectivity index (χ3n) is 2.30. The van der Waals surface area contributed by atoms with Crippen LogP contribution in [0, 0.1) is 0 Å². The second-order valence-electron chi connectivity index (χ2n) is 3.67. The molecule has 5 nitrogen and oxygen atoms in total. The maximum absolute atomic E-state index is 5.82. The van der Waals surface area contributed by atoms with Crippen LogP contribution in [0.5, 0.6) is 5.88 Å². The molecule has 0 aliphatic carbocycles. The summed E-state index contributed by atoms with van der Waals surface area (Å²) in [5.41, 5.74) is 7.28. The minimum absolute atomic E-state index is 0.366. The minimum Gasteiger partial charge on any atom is -0.481 e. The van der Waals surface area contributed by atoms with E-state index in [1.807, 2.05) is 12.1 Å². The molecule has 3 N–H and O–H groups in total. The minimum atomic E-state index is 0.366. The molecule has 2 aromatic heterocycles. The van der Waals surface area contributed by atoms with E-state index in [1.54, 1.807) is 25.4 Å². The Labute approximate surface area is 110 Å². The van der Waals surface area contributed by atoms with Gasteiger partial charge in [0, 0.05) is 30.6 Å². The number of aromatic nitrogens is 2. The van der Waals surface area contributed by atoms with E-state index in [0.717, 1.165) is 5.56 Å². The van der Waals surface area contributed by atoms with Gasteiger partial charge < -0.3 is 15.8 Å². The lowest BCUT2D eigenvalue weighted by Gasteiger charge is -2.07. The van der Waals surface area contributed by atoms with Crippen molar-refractivity contribution in [2.45, 2.75) is 6.54 Å². The maximum Gasteiger partial charge on any atom is 0.213 e. The molecule has 6 heteroatoms. The molecule has 94 valence electrons. The third-order valence-corrected chi connectivity index (χ3v) is 2.49. The number of rotatable bonds is 4. The number of hydrogen-bond donors (Lipinski definition) is 2. The van der Waals surface area contributed by atoms with Crippen LogP contribution >= 0.6 is 11.6 Å². The highest BCUT2D eigenvalue weighted by Crippen LogP contribution is 2.17. The van der Waals surface area contributed by atoms with E-state index in [4.69, 9.17) is 22.1 Å². The number of nitrogens with two attached hydrogens (primary N) is 1. The van der Waals surface area contributed by atoms with Crippen molar-refractivity contribution in [1.29, 1.82) is 0 Å². The highest BCUT2D eigenvalue weighted by Gasteiger charge is 2.00. The van der Waals surface area contributed by atoms with Gasteiger partial charge in [-0.15, -0.1) is 0 Å². The van der Waals surface area contributed by atoms with Crippen LogP contribution in [-0.2, 0) is 6.54 Å². The van der Waals surface area contributed by atoms with Gasteiger partial charge in [0.15, 0.2) is 0 Å². The van der Waals surface area contributed by atoms with Crippen molar-refractivity contribution in [3.05, 3.63) is 41.2 Å². The zero-order valence-electron chi connectivity index (χ0n) is 9.85. The lowest BCUT2D eigenvalue weighted by atomic mass is 10.2. The average molecular weight is 265 g/mol. The Hall–Kier alpha value is -2.01. The van der Waals surface area contributed by atoms with E-state index in [9.17, 15) is 0 Å². The molecule has 2 heterocycles. The summed E-state index contributed by atoms with van der Waals surface area (Å²) in [6, 6.07) is 7.07. The summed E-state index contributed by atoms with van der Waals surface area (Å²) in [4.78, 5) is 8.15. The SMILES string of the molecule is COc1cc(CNc2cc(N)cc(Cl)n2)ccn1. The number of nitrogens with one attached hydrogen (secondary N) is 1. The van der Waals surface area contributed by atoms with Crippen LogP contribution in [0.15, 0.2) is 30.5 Å². The van der Waals surface area contributed by atoms with E-state index in [1.165, 1.54) is 0 Å². The Morgan fingerprint density at radius 1 is 1.39 bits per heavy atom. The van der Waals surface area contributed by atoms with Crippen molar-refractivity contribution in [2.24, 2.45) is 0 Å². The number of ether oxygens (including phenoxy) is 1. The highest BCUT2D eigenvalue weighted by atomic mass is 35.5. The Bertz CT molecular complexity index is 527. The number of nitrogens with zero attached hydrogens (tertiary/aromatic N) is 2. The molecule has 2 rings (SSSR count). The van der Waals surface area contributed by atoms with Gasteiger partial charge in [-0.3, -0.25) is 0 Å². The summed E-state index contributed by atoms with van der Waals surface area (Å²) in [5.74, 6) is 1.21. The van der Waals surface area contributed by atoms with Crippen molar-refractivity contribution >= 4 is 23.1 Å². The molecular formula is C12H13ClN4O. The second kappa shape index (κ2) is 5.55. The van der Waals surface area contributed by atoms with E-state index >= 15 is 0 Å². The topological polar surface area (TPSA) is 73.1 Å². The van der Waals surface area contributed by atoms with Crippen LogP contribution in [0.1, 0.15) is 5.56 Å². The molecule has 0 aromatic carbocycles. The molecule has 0 atom stereocenters. The molecule has 0 aliphatic rings. The Balaban J connectivity index is 2.06. The fourth-order valence-corrected chi connectivity index (χ4v) is 1.69. The van der Waals surface area contributed by atoms with Gasteiger partial charge >= 0.3 is 0 Å². The molecule has 0 aliphatic heterocycles. The normalized spacial score (nSPS) is 10.1. The van der Waals surface area contributed by atoms with Crippen LogP contribution in [0.25, 0.3) is 0 Å². The van der Waals surface area contributed by atoms with Gasteiger partial charge in [0.1, 0.15) is 11.0 Å². The first-order valence-corrected chi connectivity index (χ1v) is 5.71. The zero-order valence-corrected chi connectivity index (χ0v) is 10.6. The van der Waals surface area contributed by atoms with Gasteiger partial charge in [-0.2, -0.15) is 0 Å². The molecule has 0 spiro atoms. The summed E-state index contributed by atoms with van der Waals surface area (Å²) in [6.07, 6.45) is 1.69. The van der Waals surface area contributed by atoms with E-state index < -0.39 is 0 Å². The number of methoxy groups -OCH3 is 1. The van der Waals surface area contributed by atoms with Crippen LogP contribution in [0.3, 0.4) is 0 Å². The first-order chi connectivity index (χ1) is 8.67. The fraction of sp³-hybridized carbons (Fsp3) is 0.167. The Morgan fingerprint density at radius 3 is 2.94 bits per heavy atom. The monoisotopic (exact) mass is 264 g/mol. The molecule has 0 amide bonds. The fourth-order valence-electron chi connectivity index (χ4n) is 1.47. The van der Waals surface area contributed by atoms with Gasteiger partial charge in [-0.05, 0) is 17.7 Å². The zero-order chi connectivity index (χ0) is 13.0.